The summed E-state index contributed by atoms with van der Waals surface area (Å²) < 4.78 is 7.10. The van der Waals surface area contributed by atoms with Gasteiger partial charge in [-0.2, -0.15) is 4.68 Å². The first-order valence-corrected chi connectivity index (χ1v) is 9.43. The van der Waals surface area contributed by atoms with E-state index in [1.807, 2.05) is 62.4 Å². The molecular formula is C22H21N5O2. The van der Waals surface area contributed by atoms with Crippen LogP contribution in [0.1, 0.15) is 28.4 Å². The van der Waals surface area contributed by atoms with Crippen molar-refractivity contribution in [2.45, 2.75) is 20.4 Å². The molecule has 0 unspecified atom stereocenters. The average Bonchev–Trinajstić information content (AvgIpc) is 3.17. The molecule has 1 amide bonds. The third-order valence-corrected chi connectivity index (χ3v) is 4.60. The second-order valence-corrected chi connectivity index (χ2v) is 6.61. The summed E-state index contributed by atoms with van der Waals surface area (Å²) in [6.45, 7) is 4.97. The molecule has 2 aromatic carbocycles. The molecule has 4 aromatic rings. The highest BCUT2D eigenvalue weighted by molar-refractivity contribution is 5.95. The Morgan fingerprint density at radius 3 is 2.76 bits per heavy atom. The van der Waals surface area contributed by atoms with Crippen molar-refractivity contribution in [1.29, 1.82) is 0 Å². The summed E-state index contributed by atoms with van der Waals surface area (Å²) >= 11 is 0. The summed E-state index contributed by atoms with van der Waals surface area (Å²) in [5.41, 5.74) is 4.67. The van der Waals surface area contributed by atoms with Crippen molar-refractivity contribution in [2.24, 2.45) is 0 Å². The Hall–Kier alpha value is -3.74. The summed E-state index contributed by atoms with van der Waals surface area (Å²) in [5.74, 6) is 0.664. The Labute approximate surface area is 168 Å². The number of amides is 1. The molecule has 146 valence electrons. The van der Waals surface area contributed by atoms with Crippen LogP contribution < -0.4 is 10.1 Å². The van der Waals surface area contributed by atoms with Crippen molar-refractivity contribution in [3.63, 3.8) is 0 Å². The van der Waals surface area contributed by atoms with Gasteiger partial charge in [-0.05, 0) is 61.4 Å². The lowest BCUT2D eigenvalue weighted by molar-refractivity contribution is 0.0951. The molecule has 2 heterocycles. The predicted octanol–water partition coefficient (Wildman–Crippen LogP) is 3.45. The van der Waals surface area contributed by atoms with Gasteiger partial charge in [0.2, 0.25) is 0 Å². The Morgan fingerprint density at radius 1 is 1.14 bits per heavy atom. The minimum Gasteiger partial charge on any atom is -0.494 e. The van der Waals surface area contributed by atoms with Gasteiger partial charge in [-0.1, -0.05) is 23.4 Å². The Balaban J connectivity index is 1.53. The fraction of sp³-hybridized carbons (Fsp3) is 0.182. The Morgan fingerprint density at radius 2 is 1.97 bits per heavy atom. The number of nitrogens with one attached hydrogen (secondary N) is 1. The normalized spacial score (nSPS) is 10.8. The van der Waals surface area contributed by atoms with Crippen LogP contribution in [0.25, 0.3) is 16.9 Å². The first kappa shape index (κ1) is 18.6. The third-order valence-electron chi connectivity index (χ3n) is 4.60. The number of carbonyl (C=O) groups is 1. The topological polar surface area (TPSA) is 81.9 Å². The van der Waals surface area contributed by atoms with Crippen LogP contribution >= 0.6 is 0 Å². The zero-order chi connectivity index (χ0) is 20.2. The van der Waals surface area contributed by atoms with E-state index in [2.05, 4.69) is 20.6 Å². The van der Waals surface area contributed by atoms with Crippen molar-refractivity contribution in [3.05, 3.63) is 77.5 Å². The Kier molecular flexibility index (Phi) is 5.20. The molecule has 4 rings (SSSR count). The highest BCUT2D eigenvalue weighted by Gasteiger charge is 2.13. The number of hydrogen-bond donors (Lipinski definition) is 1. The average molecular weight is 387 g/mol. The molecule has 0 aliphatic heterocycles. The van der Waals surface area contributed by atoms with Gasteiger partial charge in [0.15, 0.2) is 5.65 Å². The second kappa shape index (κ2) is 8.10. The number of carbonyl (C=O) groups excluding carboxylic acids is 1. The van der Waals surface area contributed by atoms with Gasteiger partial charge < -0.3 is 10.1 Å². The standard InChI is InChI=1S/C22H21N5O2/c1-3-29-18-10-7-16(8-11-18)14-24-22(28)17-9-6-15(2)20(13-17)27-21-19(25-26-27)5-4-12-23-21/h4-13H,3,14H2,1-2H3,(H,24,28). The molecule has 2 aromatic heterocycles. The maximum Gasteiger partial charge on any atom is 0.251 e. The molecule has 0 aliphatic rings. The van der Waals surface area contributed by atoms with Gasteiger partial charge in [-0.25, -0.2) is 4.98 Å². The lowest BCUT2D eigenvalue weighted by atomic mass is 10.1. The fourth-order valence-corrected chi connectivity index (χ4v) is 3.06. The van der Waals surface area contributed by atoms with Crippen LogP contribution in [0.2, 0.25) is 0 Å². The van der Waals surface area contributed by atoms with Crippen LogP contribution in [0.3, 0.4) is 0 Å². The molecule has 1 N–H and O–H groups in total. The number of fused-ring (bicyclic) bond motifs is 1. The largest absolute Gasteiger partial charge is 0.494 e. The molecule has 0 radical (unpaired) electrons. The zero-order valence-corrected chi connectivity index (χ0v) is 16.3. The van der Waals surface area contributed by atoms with E-state index < -0.39 is 0 Å². The van der Waals surface area contributed by atoms with E-state index in [9.17, 15) is 4.79 Å². The van der Waals surface area contributed by atoms with Gasteiger partial charge in [0.05, 0.1) is 12.3 Å². The van der Waals surface area contributed by atoms with Gasteiger partial charge >= 0.3 is 0 Å². The van der Waals surface area contributed by atoms with Crippen molar-refractivity contribution < 1.29 is 9.53 Å². The van der Waals surface area contributed by atoms with E-state index >= 15 is 0 Å². The van der Waals surface area contributed by atoms with Gasteiger partial charge in [0.1, 0.15) is 11.3 Å². The van der Waals surface area contributed by atoms with Gasteiger partial charge in [-0.3, -0.25) is 4.79 Å². The molecule has 0 fully saturated rings. The van der Waals surface area contributed by atoms with E-state index in [1.165, 1.54) is 0 Å². The minimum atomic E-state index is -0.155. The number of hydrogen-bond acceptors (Lipinski definition) is 5. The van der Waals surface area contributed by atoms with E-state index in [0.29, 0.717) is 29.9 Å². The van der Waals surface area contributed by atoms with Gasteiger partial charge in [0.25, 0.3) is 5.91 Å². The van der Waals surface area contributed by atoms with Crippen LogP contribution in [0.5, 0.6) is 5.75 Å². The molecule has 0 aliphatic carbocycles. The first-order valence-electron chi connectivity index (χ1n) is 9.43. The second-order valence-electron chi connectivity index (χ2n) is 6.61. The van der Waals surface area contributed by atoms with E-state index in [4.69, 9.17) is 4.74 Å². The summed E-state index contributed by atoms with van der Waals surface area (Å²) in [6, 6.07) is 16.9. The number of pyridine rings is 1. The molecule has 29 heavy (non-hydrogen) atoms. The maximum absolute atomic E-state index is 12.7. The molecule has 0 saturated heterocycles. The van der Waals surface area contributed by atoms with Crippen LogP contribution in [0.15, 0.2) is 60.8 Å². The lowest BCUT2D eigenvalue weighted by Gasteiger charge is -2.10. The number of nitrogens with zero attached hydrogens (tertiary/aromatic N) is 4. The smallest absolute Gasteiger partial charge is 0.251 e. The monoisotopic (exact) mass is 387 g/mol. The van der Waals surface area contributed by atoms with Crippen LogP contribution in [0, 0.1) is 6.92 Å². The van der Waals surface area contributed by atoms with Crippen molar-refractivity contribution in [1.82, 2.24) is 25.3 Å². The van der Waals surface area contributed by atoms with Crippen LogP contribution in [0.4, 0.5) is 0 Å². The highest BCUT2D eigenvalue weighted by atomic mass is 16.5. The lowest BCUT2D eigenvalue weighted by Crippen LogP contribution is -2.23. The summed E-state index contributed by atoms with van der Waals surface area (Å²) in [7, 11) is 0. The SMILES string of the molecule is CCOc1ccc(CNC(=O)c2ccc(C)c(-n3nnc4cccnc43)c2)cc1. The van der Waals surface area contributed by atoms with Crippen LogP contribution in [-0.2, 0) is 6.54 Å². The van der Waals surface area contributed by atoms with Gasteiger partial charge in [0, 0.05) is 18.3 Å². The molecule has 0 atom stereocenters. The molecule has 7 heteroatoms. The van der Waals surface area contributed by atoms with Crippen molar-refractivity contribution in [3.8, 4) is 11.4 Å². The zero-order valence-electron chi connectivity index (χ0n) is 16.3. The Bertz CT molecular complexity index is 1150. The molecule has 0 saturated carbocycles. The summed E-state index contributed by atoms with van der Waals surface area (Å²) in [4.78, 5) is 17.0. The molecule has 7 nitrogen and oxygen atoms in total. The molecule has 0 spiro atoms. The van der Waals surface area contributed by atoms with Crippen molar-refractivity contribution >= 4 is 17.1 Å². The fourth-order valence-electron chi connectivity index (χ4n) is 3.06. The first-order chi connectivity index (χ1) is 14.2. The number of ether oxygens (including phenoxy) is 1. The van der Waals surface area contributed by atoms with Gasteiger partial charge in [-0.15, -0.1) is 5.10 Å². The summed E-state index contributed by atoms with van der Waals surface area (Å²) in [5, 5.41) is 11.3. The number of aromatic nitrogens is 4. The number of rotatable bonds is 6. The highest BCUT2D eigenvalue weighted by Crippen LogP contribution is 2.19. The quantitative estimate of drug-likeness (QED) is 0.548. The molecular weight excluding hydrogens is 366 g/mol. The van der Waals surface area contributed by atoms with Crippen LogP contribution in [-0.4, -0.2) is 32.5 Å². The third kappa shape index (κ3) is 3.94. The summed E-state index contributed by atoms with van der Waals surface area (Å²) in [6.07, 6.45) is 1.70. The number of aryl methyl sites for hydroxylation is 1. The maximum atomic E-state index is 12.7. The van der Waals surface area contributed by atoms with Crippen molar-refractivity contribution in [2.75, 3.05) is 6.61 Å². The number of benzene rings is 2. The minimum absolute atomic E-state index is 0.155. The van der Waals surface area contributed by atoms with E-state index in [-0.39, 0.29) is 5.91 Å². The van der Waals surface area contributed by atoms with E-state index in [0.717, 1.165) is 22.6 Å². The van der Waals surface area contributed by atoms with E-state index in [1.54, 1.807) is 16.9 Å². The molecule has 0 bridgehead atoms. The predicted molar refractivity (Wildman–Crippen MR) is 110 cm³/mol.